The fourth-order valence-corrected chi connectivity index (χ4v) is 3.25. The Morgan fingerprint density at radius 1 is 1.07 bits per heavy atom. The van der Waals surface area contributed by atoms with Crippen LogP contribution in [0.4, 0.5) is 0 Å². The van der Waals surface area contributed by atoms with Crippen LogP contribution < -0.4 is 5.73 Å². The molecule has 6 nitrogen and oxygen atoms in total. The highest BCUT2D eigenvalue weighted by molar-refractivity contribution is 5.90. The molecule has 30 heavy (non-hydrogen) atoms. The normalized spacial score (nSPS) is 21.0. The third kappa shape index (κ3) is 8.27. The zero-order chi connectivity index (χ0) is 23.6. The maximum Gasteiger partial charge on any atom is 0.155 e. The van der Waals surface area contributed by atoms with Crippen molar-refractivity contribution < 1.29 is 4.79 Å². The van der Waals surface area contributed by atoms with Gasteiger partial charge in [0.15, 0.2) is 5.78 Å². The van der Waals surface area contributed by atoms with Gasteiger partial charge in [0, 0.05) is 28.5 Å². The SMILES string of the molecule is CC(C)(C#N)CCCC#N.CC1(C)CCC(C#N)=C1N.CC1(C)CCC(C#N)C1=O. The molecule has 0 saturated heterocycles. The summed E-state index contributed by atoms with van der Waals surface area (Å²) >= 11 is 0. The molecule has 2 aliphatic carbocycles. The van der Waals surface area contributed by atoms with E-state index in [0.717, 1.165) is 49.8 Å². The molecule has 0 spiro atoms. The summed E-state index contributed by atoms with van der Waals surface area (Å²) in [5, 5.41) is 33.8. The summed E-state index contributed by atoms with van der Waals surface area (Å²) in [6.07, 6.45) is 5.70. The van der Waals surface area contributed by atoms with Crippen molar-refractivity contribution >= 4 is 5.78 Å². The van der Waals surface area contributed by atoms with Gasteiger partial charge in [-0.15, -0.1) is 0 Å². The van der Waals surface area contributed by atoms with Crippen LogP contribution in [-0.4, -0.2) is 5.78 Å². The summed E-state index contributed by atoms with van der Waals surface area (Å²) in [6.45, 7) is 11.8. The number of carbonyl (C=O) groups excluding carboxylic acids is 1. The highest BCUT2D eigenvalue weighted by Crippen LogP contribution is 2.38. The lowest BCUT2D eigenvalue weighted by Crippen LogP contribution is -2.20. The summed E-state index contributed by atoms with van der Waals surface area (Å²) < 4.78 is 0. The molecule has 0 aromatic heterocycles. The van der Waals surface area contributed by atoms with Crippen LogP contribution in [0.25, 0.3) is 0 Å². The summed E-state index contributed by atoms with van der Waals surface area (Å²) in [4.78, 5) is 11.2. The van der Waals surface area contributed by atoms with Crippen molar-refractivity contribution in [1.82, 2.24) is 0 Å². The average molecular weight is 410 g/mol. The van der Waals surface area contributed by atoms with Gasteiger partial charge in [-0.3, -0.25) is 4.79 Å². The number of unbranched alkanes of at least 4 members (excludes halogenated alkanes) is 1. The van der Waals surface area contributed by atoms with E-state index in [1.807, 2.05) is 33.8 Å². The van der Waals surface area contributed by atoms with Gasteiger partial charge in [-0.1, -0.05) is 27.7 Å². The molecule has 1 fully saturated rings. The third-order valence-corrected chi connectivity index (χ3v) is 5.78. The van der Waals surface area contributed by atoms with Crippen molar-refractivity contribution in [2.75, 3.05) is 0 Å². The van der Waals surface area contributed by atoms with Crippen LogP contribution in [-0.2, 0) is 4.79 Å². The molecular weight excluding hydrogens is 374 g/mol. The number of nitriles is 4. The number of nitrogens with zero attached hydrogens (tertiary/aromatic N) is 4. The van der Waals surface area contributed by atoms with Gasteiger partial charge >= 0.3 is 0 Å². The molecule has 0 bridgehead atoms. The summed E-state index contributed by atoms with van der Waals surface area (Å²) in [5.74, 6) is -0.204. The van der Waals surface area contributed by atoms with Crippen LogP contribution in [0.5, 0.6) is 0 Å². The van der Waals surface area contributed by atoms with Crippen molar-refractivity contribution in [2.24, 2.45) is 27.9 Å². The first kappa shape index (κ1) is 27.2. The molecule has 2 aliphatic rings. The number of Topliss-reactive ketones (excluding diaryl/α,β-unsaturated/α-hetero) is 1. The quantitative estimate of drug-likeness (QED) is 0.628. The van der Waals surface area contributed by atoms with Crippen molar-refractivity contribution in [2.45, 2.75) is 86.5 Å². The van der Waals surface area contributed by atoms with E-state index in [1.54, 1.807) is 0 Å². The second-order valence-corrected chi connectivity index (χ2v) is 9.86. The monoisotopic (exact) mass is 409 g/mol. The number of carbonyl (C=O) groups is 1. The molecule has 1 unspecified atom stereocenters. The van der Waals surface area contributed by atoms with Crippen molar-refractivity contribution in [3.05, 3.63) is 11.3 Å². The third-order valence-electron chi connectivity index (χ3n) is 5.78. The number of rotatable bonds is 3. The van der Waals surface area contributed by atoms with E-state index < -0.39 is 0 Å². The molecular formula is C24H35N5O. The predicted molar refractivity (Wildman–Crippen MR) is 116 cm³/mol. The number of hydrogen-bond acceptors (Lipinski definition) is 6. The van der Waals surface area contributed by atoms with E-state index in [-0.39, 0.29) is 27.9 Å². The second kappa shape index (κ2) is 11.4. The van der Waals surface area contributed by atoms with Crippen LogP contribution in [0.3, 0.4) is 0 Å². The highest BCUT2D eigenvalue weighted by atomic mass is 16.1. The molecule has 0 heterocycles. The fraction of sp³-hybridized carbons (Fsp3) is 0.708. The minimum atomic E-state index is -0.324. The second-order valence-electron chi connectivity index (χ2n) is 9.86. The largest absolute Gasteiger partial charge is 0.401 e. The van der Waals surface area contributed by atoms with Gasteiger partial charge in [0.25, 0.3) is 0 Å². The van der Waals surface area contributed by atoms with E-state index >= 15 is 0 Å². The van der Waals surface area contributed by atoms with E-state index in [4.69, 9.17) is 26.8 Å². The minimum Gasteiger partial charge on any atom is -0.401 e. The molecule has 162 valence electrons. The van der Waals surface area contributed by atoms with Crippen LogP contribution in [0.2, 0.25) is 0 Å². The maximum absolute atomic E-state index is 11.2. The van der Waals surface area contributed by atoms with Gasteiger partial charge < -0.3 is 5.73 Å². The Bertz CT molecular complexity index is 806. The lowest BCUT2D eigenvalue weighted by Gasteiger charge is -2.17. The average Bonchev–Trinajstić information content (AvgIpc) is 3.10. The molecule has 1 saturated carbocycles. The Hall–Kier alpha value is -2.83. The van der Waals surface area contributed by atoms with E-state index in [0.29, 0.717) is 6.42 Å². The van der Waals surface area contributed by atoms with Crippen molar-refractivity contribution in [1.29, 1.82) is 21.0 Å². The molecule has 6 heteroatoms. The van der Waals surface area contributed by atoms with Crippen LogP contribution in [0.15, 0.2) is 11.3 Å². The van der Waals surface area contributed by atoms with Crippen molar-refractivity contribution in [3.63, 3.8) is 0 Å². The lowest BCUT2D eigenvalue weighted by molar-refractivity contribution is -0.126. The van der Waals surface area contributed by atoms with Gasteiger partial charge in [-0.05, 0) is 52.4 Å². The number of nitrogens with two attached hydrogens (primary N) is 1. The smallest absolute Gasteiger partial charge is 0.155 e. The standard InChI is InChI=1S/2C8H12N2.C8H11NO/c1-8(2)4-3-6(5-9)7(8)10;1-8(2,7-10)5-3-4-6-9;1-8(2)4-3-6(5-9)7(8)10/h3-4,10H2,1-2H3;3-5H2,1-2H3;6H,3-4H2,1-2H3. The molecule has 0 aliphatic heterocycles. The highest BCUT2D eigenvalue weighted by Gasteiger charge is 2.40. The summed E-state index contributed by atoms with van der Waals surface area (Å²) in [7, 11) is 0. The van der Waals surface area contributed by atoms with Gasteiger partial charge in [-0.2, -0.15) is 21.0 Å². The zero-order valence-corrected chi connectivity index (χ0v) is 19.3. The molecule has 2 N–H and O–H groups in total. The lowest BCUT2D eigenvalue weighted by atomic mass is 9.89. The number of allylic oxidation sites excluding steroid dienone is 2. The fourth-order valence-electron chi connectivity index (χ4n) is 3.25. The summed E-state index contributed by atoms with van der Waals surface area (Å²) in [6, 6.07) is 8.39. The van der Waals surface area contributed by atoms with Gasteiger partial charge in [0.1, 0.15) is 5.92 Å². The molecule has 0 aromatic carbocycles. The Labute approximate surface area is 182 Å². The molecule has 0 amide bonds. The minimum absolute atomic E-state index is 0.0606. The zero-order valence-electron chi connectivity index (χ0n) is 19.3. The topological polar surface area (TPSA) is 138 Å². The number of hydrogen-bond donors (Lipinski definition) is 1. The Morgan fingerprint density at radius 2 is 1.67 bits per heavy atom. The Kier molecular flexibility index (Phi) is 10.3. The van der Waals surface area contributed by atoms with Crippen LogP contribution in [0, 0.1) is 67.5 Å². The first-order valence-electron chi connectivity index (χ1n) is 10.4. The first-order valence-corrected chi connectivity index (χ1v) is 10.4. The van der Waals surface area contributed by atoms with Gasteiger partial charge in [-0.25, -0.2) is 0 Å². The van der Waals surface area contributed by atoms with Crippen molar-refractivity contribution in [3.8, 4) is 24.3 Å². The first-order chi connectivity index (χ1) is 13.8. The summed E-state index contributed by atoms with van der Waals surface area (Å²) in [5.41, 5.74) is 6.87. The van der Waals surface area contributed by atoms with E-state index in [2.05, 4.69) is 32.1 Å². The molecule has 0 aromatic rings. The van der Waals surface area contributed by atoms with Gasteiger partial charge in [0.05, 0.1) is 29.7 Å². The molecule has 0 radical (unpaired) electrons. The van der Waals surface area contributed by atoms with Crippen LogP contribution >= 0.6 is 0 Å². The number of ketones is 1. The van der Waals surface area contributed by atoms with Gasteiger partial charge in [0.2, 0.25) is 0 Å². The van der Waals surface area contributed by atoms with E-state index in [9.17, 15) is 4.79 Å². The predicted octanol–water partition coefficient (Wildman–Crippen LogP) is 5.29. The van der Waals surface area contributed by atoms with Crippen LogP contribution in [0.1, 0.15) is 86.5 Å². The molecule has 1 atom stereocenters. The maximum atomic E-state index is 11.2. The van der Waals surface area contributed by atoms with E-state index in [1.165, 1.54) is 0 Å². The molecule has 2 rings (SSSR count). The Balaban J connectivity index is 0.000000420. The Morgan fingerprint density at radius 3 is 1.93 bits per heavy atom.